The van der Waals surface area contributed by atoms with Gasteiger partial charge in [-0.25, -0.2) is 5.01 Å². The number of benzene rings is 2. The van der Waals surface area contributed by atoms with Crippen LogP contribution in [-0.2, 0) is 0 Å². The monoisotopic (exact) mass is 318 g/mol. The quantitative estimate of drug-likeness (QED) is 0.543. The Kier molecular flexibility index (Phi) is 4.89. The number of aryl methyl sites for hydroxylation is 1. The van der Waals surface area contributed by atoms with E-state index in [0.29, 0.717) is 16.9 Å². The molecule has 120 valence electrons. The van der Waals surface area contributed by atoms with Gasteiger partial charge in [0.25, 0.3) is 0 Å². The zero-order chi connectivity index (χ0) is 17.0. The molecule has 0 aliphatic rings. The topological polar surface area (TPSA) is 15.6 Å². The van der Waals surface area contributed by atoms with Crippen LogP contribution >= 0.6 is 0 Å². The second kappa shape index (κ2) is 6.69. The molecule has 0 fully saturated rings. The van der Waals surface area contributed by atoms with Gasteiger partial charge in [0, 0.05) is 0 Å². The minimum atomic E-state index is -4.49. The summed E-state index contributed by atoms with van der Waals surface area (Å²) in [7, 11) is 0. The molecule has 0 spiro atoms. The molecule has 0 saturated carbocycles. The number of halogens is 3. The molecule has 0 unspecified atom stereocenters. The number of nitrogens with zero attached hydrogens (tertiary/aromatic N) is 2. The van der Waals surface area contributed by atoms with Gasteiger partial charge in [-0.15, -0.1) is 0 Å². The number of alkyl halides is 3. The first-order valence-electron chi connectivity index (χ1n) is 7.02. The smallest absolute Gasteiger partial charge is 0.234 e. The second-order valence-corrected chi connectivity index (χ2v) is 5.14. The van der Waals surface area contributed by atoms with Gasteiger partial charge in [-0.3, -0.25) is 0 Å². The summed E-state index contributed by atoms with van der Waals surface area (Å²) in [5.74, 6) is 0. The van der Waals surface area contributed by atoms with Gasteiger partial charge in [-0.2, -0.15) is 18.3 Å². The van der Waals surface area contributed by atoms with Crippen LogP contribution in [0.1, 0.15) is 18.1 Å². The van der Waals surface area contributed by atoms with Crippen LogP contribution in [0.5, 0.6) is 0 Å². The van der Waals surface area contributed by atoms with Gasteiger partial charge < -0.3 is 0 Å². The van der Waals surface area contributed by atoms with Crippen molar-refractivity contribution < 1.29 is 13.2 Å². The summed E-state index contributed by atoms with van der Waals surface area (Å²) in [5.41, 5.74) is 1.67. The molecular weight excluding hydrogens is 301 g/mol. The van der Waals surface area contributed by atoms with Crippen molar-refractivity contribution in [1.29, 1.82) is 0 Å². The first kappa shape index (κ1) is 16.8. The number of anilines is 1. The van der Waals surface area contributed by atoms with Crippen LogP contribution in [0.3, 0.4) is 0 Å². The lowest BCUT2D eigenvalue weighted by molar-refractivity contribution is -0.0594. The molecule has 2 aromatic carbocycles. The van der Waals surface area contributed by atoms with E-state index in [2.05, 4.69) is 11.7 Å². The van der Waals surface area contributed by atoms with Crippen LogP contribution in [0.15, 0.2) is 66.3 Å². The highest BCUT2D eigenvalue weighted by molar-refractivity contribution is 5.90. The average molecular weight is 318 g/mol. The Morgan fingerprint density at radius 3 is 2.09 bits per heavy atom. The van der Waals surface area contributed by atoms with E-state index >= 15 is 0 Å². The SMILES string of the molecule is C=C(c1ccccc1)N(/N=C(\C)C(F)(F)F)c1ccc(C)cc1. The third-order valence-corrected chi connectivity index (χ3v) is 3.30. The third-order valence-electron chi connectivity index (χ3n) is 3.30. The summed E-state index contributed by atoms with van der Waals surface area (Å²) in [6.07, 6.45) is -4.49. The minimum Gasteiger partial charge on any atom is -0.234 e. The fourth-order valence-corrected chi connectivity index (χ4v) is 1.92. The molecule has 0 radical (unpaired) electrons. The van der Waals surface area contributed by atoms with Gasteiger partial charge in [0.15, 0.2) is 0 Å². The fourth-order valence-electron chi connectivity index (χ4n) is 1.92. The first-order chi connectivity index (χ1) is 10.8. The minimum absolute atomic E-state index is 0.373. The Labute approximate surface area is 133 Å². The van der Waals surface area contributed by atoms with E-state index < -0.39 is 11.9 Å². The number of hydrogen-bond acceptors (Lipinski definition) is 2. The predicted molar refractivity (Wildman–Crippen MR) is 88.3 cm³/mol. The highest BCUT2D eigenvalue weighted by Crippen LogP contribution is 2.28. The van der Waals surface area contributed by atoms with Crippen molar-refractivity contribution in [2.75, 3.05) is 5.01 Å². The second-order valence-electron chi connectivity index (χ2n) is 5.14. The Morgan fingerprint density at radius 2 is 1.57 bits per heavy atom. The average Bonchev–Trinajstić information content (AvgIpc) is 2.52. The molecule has 2 aromatic rings. The van der Waals surface area contributed by atoms with Gasteiger partial charge in [-0.05, 0) is 31.5 Å². The first-order valence-corrected chi connectivity index (χ1v) is 7.02. The lowest BCUT2D eigenvalue weighted by Gasteiger charge is -2.23. The largest absolute Gasteiger partial charge is 0.430 e. The Hall–Kier alpha value is -2.56. The normalized spacial score (nSPS) is 12.1. The van der Waals surface area contributed by atoms with Crippen molar-refractivity contribution in [3.05, 3.63) is 72.3 Å². The summed E-state index contributed by atoms with van der Waals surface area (Å²) < 4.78 is 38.6. The molecule has 0 bridgehead atoms. The zero-order valence-electron chi connectivity index (χ0n) is 12.9. The van der Waals surface area contributed by atoms with E-state index in [1.165, 1.54) is 5.01 Å². The van der Waals surface area contributed by atoms with Crippen molar-refractivity contribution >= 4 is 17.1 Å². The van der Waals surface area contributed by atoms with Crippen LogP contribution in [0.25, 0.3) is 5.70 Å². The summed E-state index contributed by atoms with van der Waals surface area (Å²) in [6.45, 7) is 6.76. The molecule has 0 aromatic heterocycles. The van der Waals surface area contributed by atoms with Gasteiger partial charge >= 0.3 is 6.18 Å². The lowest BCUT2D eigenvalue weighted by atomic mass is 10.1. The molecule has 0 atom stereocenters. The predicted octanol–water partition coefficient (Wildman–Crippen LogP) is 5.41. The highest BCUT2D eigenvalue weighted by atomic mass is 19.4. The molecule has 2 rings (SSSR count). The van der Waals surface area contributed by atoms with E-state index in [-0.39, 0.29) is 0 Å². The molecule has 0 aliphatic heterocycles. The van der Waals surface area contributed by atoms with E-state index in [9.17, 15) is 13.2 Å². The fraction of sp³-hybridized carbons (Fsp3) is 0.167. The van der Waals surface area contributed by atoms with Crippen LogP contribution < -0.4 is 5.01 Å². The van der Waals surface area contributed by atoms with Gasteiger partial charge in [0.1, 0.15) is 5.71 Å². The Bertz CT molecular complexity index is 701. The number of hydrazone groups is 1. The molecule has 0 saturated heterocycles. The van der Waals surface area contributed by atoms with Crippen LogP contribution in [0.2, 0.25) is 0 Å². The maximum Gasteiger partial charge on any atom is 0.430 e. The van der Waals surface area contributed by atoms with E-state index in [4.69, 9.17) is 0 Å². The van der Waals surface area contributed by atoms with Crippen molar-refractivity contribution in [1.82, 2.24) is 0 Å². The summed E-state index contributed by atoms with van der Waals surface area (Å²) in [5, 5.41) is 4.97. The van der Waals surface area contributed by atoms with E-state index in [1.807, 2.05) is 25.1 Å². The van der Waals surface area contributed by atoms with E-state index in [1.54, 1.807) is 36.4 Å². The zero-order valence-corrected chi connectivity index (χ0v) is 12.9. The lowest BCUT2D eigenvalue weighted by Crippen LogP contribution is -2.25. The Balaban J connectivity index is 2.47. The molecule has 0 heterocycles. The standard InChI is InChI=1S/C18H17F3N2/c1-13-9-11-17(12-10-13)23(22-15(3)18(19,20)21)14(2)16-7-5-4-6-8-16/h4-12H,2H2,1,3H3/b22-15+. The van der Waals surface area contributed by atoms with Gasteiger partial charge in [0.2, 0.25) is 0 Å². The molecule has 0 N–H and O–H groups in total. The summed E-state index contributed by atoms with van der Waals surface area (Å²) in [6, 6.07) is 16.1. The molecule has 23 heavy (non-hydrogen) atoms. The van der Waals surface area contributed by atoms with Gasteiger partial charge in [-0.1, -0.05) is 54.6 Å². The maximum atomic E-state index is 12.9. The Morgan fingerprint density at radius 1 is 1.00 bits per heavy atom. The summed E-state index contributed by atoms with van der Waals surface area (Å²) >= 11 is 0. The van der Waals surface area contributed by atoms with Crippen molar-refractivity contribution in [3.8, 4) is 0 Å². The van der Waals surface area contributed by atoms with Crippen molar-refractivity contribution in [2.45, 2.75) is 20.0 Å². The van der Waals surface area contributed by atoms with Gasteiger partial charge in [0.05, 0.1) is 11.4 Å². The van der Waals surface area contributed by atoms with Crippen LogP contribution in [0.4, 0.5) is 18.9 Å². The van der Waals surface area contributed by atoms with Crippen molar-refractivity contribution in [2.24, 2.45) is 5.10 Å². The van der Waals surface area contributed by atoms with Crippen LogP contribution in [0, 0.1) is 6.92 Å². The van der Waals surface area contributed by atoms with E-state index in [0.717, 1.165) is 12.5 Å². The maximum absolute atomic E-state index is 12.9. The molecular formula is C18H17F3N2. The molecule has 5 heteroatoms. The third kappa shape index (κ3) is 4.22. The molecule has 2 nitrogen and oxygen atoms in total. The molecule has 0 aliphatic carbocycles. The summed E-state index contributed by atoms with van der Waals surface area (Å²) in [4.78, 5) is 0. The number of hydrogen-bond donors (Lipinski definition) is 0. The number of rotatable bonds is 4. The molecule has 0 amide bonds. The van der Waals surface area contributed by atoms with Crippen LogP contribution in [-0.4, -0.2) is 11.9 Å². The highest BCUT2D eigenvalue weighted by Gasteiger charge is 2.33. The van der Waals surface area contributed by atoms with Crippen molar-refractivity contribution in [3.63, 3.8) is 0 Å².